The lowest BCUT2D eigenvalue weighted by atomic mass is 9.79. The van der Waals surface area contributed by atoms with Crippen LogP contribution in [0.15, 0.2) is 0 Å². The lowest BCUT2D eigenvalue weighted by molar-refractivity contribution is 0.157. The van der Waals surface area contributed by atoms with Gasteiger partial charge in [-0.05, 0) is 115 Å². The molecule has 3 heterocycles. The van der Waals surface area contributed by atoms with Crippen molar-refractivity contribution in [3.8, 4) is 0 Å². The minimum atomic E-state index is -0.157. The quantitative estimate of drug-likeness (QED) is 0.264. The highest BCUT2D eigenvalue weighted by atomic mass is 15.4. The van der Waals surface area contributed by atoms with Crippen LogP contribution in [0, 0.1) is 0 Å². The summed E-state index contributed by atoms with van der Waals surface area (Å²) in [5.41, 5.74) is 0.00446. The maximum atomic E-state index is 5.36. The van der Waals surface area contributed by atoms with Crippen LogP contribution in [0.3, 0.4) is 0 Å². The number of nitrogens with one attached hydrogen (secondary N) is 3. The van der Waals surface area contributed by atoms with Crippen molar-refractivity contribution in [1.82, 2.24) is 25.6 Å². The molecule has 2 aliphatic rings. The van der Waals surface area contributed by atoms with Crippen LogP contribution in [0.2, 0.25) is 0 Å². The molecular weight excluding hydrogens is 508 g/mol. The number of hydrogen-bond acceptors (Lipinski definition) is 8. The van der Waals surface area contributed by atoms with E-state index in [1.54, 1.807) is 0 Å². The minimum Gasteiger partial charge on any atom is -0.349 e. The third-order valence-corrected chi connectivity index (χ3v) is 8.34. The van der Waals surface area contributed by atoms with E-state index in [-0.39, 0.29) is 27.7 Å². The monoisotopic (exact) mass is 573 g/mol. The van der Waals surface area contributed by atoms with Gasteiger partial charge in [0.1, 0.15) is 0 Å². The van der Waals surface area contributed by atoms with Crippen molar-refractivity contribution in [2.45, 2.75) is 181 Å². The largest absolute Gasteiger partial charge is 0.349 e. The summed E-state index contributed by atoms with van der Waals surface area (Å²) in [6.45, 7) is 31.6. The van der Waals surface area contributed by atoms with Crippen LogP contribution in [-0.4, -0.2) is 67.8 Å². The first kappa shape index (κ1) is 33.8. The number of nitrogens with zero attached hydrogens (tertiary/aromatic N) is 5. The molecule has 1 aromatic heterocycles. The Morgan fingerprint density at radius 1 is 0.659 bits per heavy atom. The molecule has 8 nitrogen and oxygen atoms in total. The average molecular weight is 573 g/mol. The lowest BCUT2D eigenvalue weighted by Crippen LogP contribution is -2.63. The zero-order valence-electron chi connectivity index (χ0n) is 29.0. The number of rotatable bonds is 11. The van der Waals surface area contributed by atoms with Crippen molar-refractivity contribution in [3.05, 3.63) is 0 Å². The highest BCUT2D eigenvalue weighted by molar-refractivity contribution is 5.48. The van der Waals surface area contributed by atoms with E-state index >= 15 is 0 Å². The predicted molar refractivity (Wildman–Crippen MR) is 176 cm³/mol. The fraction of sp³-hybridized carbons (Fsp3) is 0.909. The van der Waals surface area contributed by atoms with Crippen molar-refractivity contribution in [1.29, 1.82) is 0 Å². The molecule has 0 radical (unpaired) electrons. The van der Waals surface area contributed by atoms with E-state index in [1.165, 1.54) is 0 Å². The van der Waals surface area contributed by atoms with Gasteiger partial charge in [0.15, 0.2) is 0 Å². The topological polar surface area (TPSA) is 81.2 Å². The van der Waals surface area contributed by atoms with Crippen molar-refractivity contribution in [3.63, 3.8) is 0 Å². The first-order valence-electron chi connectivity index (χ1n) is 16.4. The van der Waals surface area contributed by atoms with Crippen molar-refractivity contribution in [2.75, 3.05) is 28.2 Å². The van der Waals surface area contributed by atoms with Crippen LogP contribution in [0.5, 0.6) is 0 Å². The maximum Gasteiger partial charge on any atom is 0.232 e. The summed E-state index contributed by atoms with van der Waals surface area (Å²) in [7, 11) is 0. The maximum absolute atomic E-state index is 5.36. The fourth-order valence-electron chi connectivity index (χ4n) is 7.53. The Morgan fingerprint density at radius 3 is 1.29 bits per heavy atom. The molecule has 236 valence electrons. The summed E-state index contributed by atoms with van der Waals surface area (Å²) in [6, 6.07) is 0.706. The molecule has 3 N–H and O–H groups in total. The summed E-state index contributed by atoms with van der Waals surface area (Å²) in [5, 5.41) is 11.4. The van der Waals surface area contributed by atoms with E-state index in [2.05, 4.69) is 116 Å². The molecule has 0 saturated carbocycles. The molecule has 3 rings (SSSR count). The molecule has 2 fully saturated rings. The smallest absolute Gasteiger partial charge is 0.232 e. The number of hydrogen-bond donors (Lipinski definition) is 3. The van der Waals surface area contributed by atoms with E-state index in [1.807, 2.05) is 0 Å². The van der Waals surface area contributed by atoms with E-state index in [4.69, 9.17) is 15.0 Å². The molecule has 41 heavy (non-hydrogen) atoms. The molecule has 0 atom stereocenters. The molecule has 0 bridgehead atoms. The van der Waals surface area contributed by atoms with Crippen LogP contribution >= 0.6 is 0 Å². The van der Waals surface area contributed by atoms with Gasteiger partial charge < -0.3 is 25.8 Å². The molecule has 0 aromatic carbocycles. The van der Waals surface area contributed by atoms with Gasteiger partial charge in [0.2, 0.25) is 17.8 Å². The Kier molecular flexibility index (Phi) is 10.3. The SMILES string of the molecule is CCCCN(c1nc(NC(C)(C)C)nc(N(CCCC)C2CC(C)(C)NC(C)(C)C2)n1)C1CC(C)(C)NC(C)(C)C1. The molecule has 1 aromatic rings. The van der Waals surface area contributed by atoms with Crippen molar-refractivity contribution in [2.24, 2.45) is 0 Å². The van der Waals surface area contributed by atoms with Gasteiger partial charge in [0.05, 0.1) is 0 Å². The minimum absolute atomic E-state index is 0.0403. The van der Waals surface area contributed by atoms with E-state index in [0.717, 1.165) is 76.4 Å². The van der Waals surface area contributed by atoms with Gasteiger partial charge in [-0.25, -0.2) is 0 Å². The lowest BCUT2D eigenvalue weighted by Gasteiger charge is -2.50. The summed E-state index contributed by atoms with van der Waals surface area (Å²) >= 11 is 0. The first-order chi connectivity index (χ1) is 18.7. The zero-order valence-corrected chi connectivity index (χ0v) is 29.0. The van der Waals surface area contributed by atoms with Crippen LogP contribution in [-0.2, 0) is 0 Å². The second kappa shape index (κ2) is 12.5. The van der Waals surface area contributed by atoms with Crippen molar-refractivity contribution < 1.29 is 0 Å². The summed E-state index contributed by atoms with van der Waals surface area (Å²) in [4.78, 5) is 20.7. The molecule has 0 aliphatic carbocycles. The highest BCUT2D eigenvalue weighted by Gasteiger charge is 2.42. The van der Waals surface area contributed by atoms with Crippen LogP contribution in [0.1, 0.15) is 141 Å². The van der Waals surface area contributed by atoms with Gasteiger partial charge in [-0.1, -0.05) is 26.7 Å². The molecule has 8 heteroatoms. The second-order valence-electron chi connectivity index (χ2n) is 16.6. The molecular formula is C33H64N8. The van der Waals surface area contributed by atoms with Crippen LogP contribution < -0.4 is 25.8 Å². The Bertz CT molecular complexity index is 893. The standard InChI is InChI=1S/C33H64N8/c1-14-16-18-40(24-20-30(6,7)38-31(8,9)21-24)27-34-26(37-29(3,4)5)35-28(36-27)41(19-17-15-2)25-22-32(10,11)39-33(12,13)23-25/h24-25,38-39H,14-23H2,1-13H3,(H,34,35,36,37). The Morgan fingerprint density at radius 2 is 1.00 bits per heavy atom. The van der Waals surface area contributed by atoms with Crippen LogP contribution in [0.4, 0.5) is 17.8 Å². The third-order valence-electron chi connectivity index (χ3n) is 8.34. The van der Waals surface area contributed by atoms with Crippen molar-refractivity contribution >= 4 is 17.8 Å². The Labute approximate surface area is 252 Å². The number of aromatic nitrogens is 3. The zero-order chi connectivity index (χ0) is 30.9. The van der Waals surface area contributed by atoms with Gasteiger partial charge in [0.25, 0.3) is 0 Å². The molecule has 0 amide bonds. The van der Waals surface area contributed by atoms with E-state index in [9.17, 15) is 0 Å². The summed E-state index contributed by atoms with van der Waals surface area (Å²) in [6.07, 6.45) is 8.73. The van der Waals surface area contributed by atoms with Gasteiger partial charge in [0, 0.05) is 52.9 Å². The first-order valence-corrected chi connectivity index (χ1v) is 16.4. The van der Waals surface area contributed by atoms with E-state index < -0.39 is 0 Å². The average Bonchev–Trinajstić information content (AvgIpc) is 2.74. The summed E-state index contributed by atoms with van der Waals surface area (Å²) in [5.74, 6) is 2.32. The third kappa shape index (κ3) is 9.94. The number of anilines is 3. The number of piperidine rings is 2. The van der Waals surface area contributed by atoms with Crippen LogP contribution in [0.25, 0.3) is 0 Å². The Balaban J connectivity index is 2.14. The van der Waals surface area contributed by atoms with Gasteiger partial charge >= 0.3 is 0 Å². The second-order valence-corrected chi connectivity index (χ2v) is 16.6. The van der Waals surface area contributed by atoms with E-state index in [0.29, 0.717) is 18.0 Å². The molecule has 0 spiro atoms. The normalized spacial score (nSPS) is 22.4. The predicted octanol–water partition coefficient (Wildman–Crippen LogP) is 6.91. The molecule has 2 saturated heterocycles. The van der Waals surface area contributed by atoms with Gasteiger partial charge in [-0.15, -0.1) is 0 Å². The fourth-order valence-corrected chi connectivity index (χ4v) is 7.53. The molecule has 0 unspecified atom stereocenters. The van der Waals surface area contributed by atoms with Gasteiger partial charge in [-0.3, -0.25) is 0 Å². The highest BCUT2D eigenvalue weighted by Crippen LogP contribution is 2.36. The van der Waals surface area contributed by atoms with Gasteiger partial charge in [-0.2, -0.15) is 15.0 Å². The Hall–Kier alpha value is -1.67. The summed E-state index contributed by atoms with van der Waals surface area (Å²) < 4.78 is 0. The molecule has 2 aliphatic heterocycles. The number of unbranched alkanes of at least 4 members (excludes halogenated alkanes) is 2.